The summed E-state index contributed by atoms with van der Waals surface area (Å²) in [6.07, 6.45) is 2.42. The molecule has 0 bridgehead atoms. The minimum atomic E-state index is -0.394. The van der Waals surface area contributed by atoms with E-state index in [2.05, 4.69) is 15.4 Å². The van der Waals surface area contributed by atoms with Gasteiger partial charge in [0.15, 0.2) is 5.82 Å². The van der Waals surface area contributed by atoms with Crippen molar-refractivity contribution in [3.05, 3.63) is 52.1 Å². The lowest BCUT2D eigenvalue weighted by atomic mass is 10.1. The zero-order valence-corrected chi connectivity index (χ0v) is 11.5. The molecule has 0 saturated heterocycles. The van der Waals surface area contributed by atoms with E-state index in [0.717, 1.165) is 24.4 Å². The number of nitro benzene ring substituents is 1. The first-order valence-corrected chi connectivity index (χ1v) is 6.38. The van der Waals surface area contributed by atoms with Crippen LogP contribution in [0, 0.1) is 10.1 Å². The van der Waals surface area contributed by atoms with Crippen LogP contribution in [-0.4, -0.2) is 26.2 Å². The number of nitrogens with one attached hydrogen (secondary N) is 1. The van der Waals surface area contributed by atoms with Gasteiger partial charge in [0, 0.05) is 38.2 Å². The number of aryl methyl sites for hydroxylation is 1. The first kappa shape index (κ1) is 14.1. The summed E-state index contributed by atoms with van der Waals surface area (Å²) < 4.78 is 1.68. The Hall–Kier alpha value is -2.28. The Morgan fingerprint density at radius 2 is 2.10 bits per heavy atom. The lowest BCUT2D eigenvalue weighted by molar-refractivity contribution is -0.384. The summed E-state index contributed by atoms with van der Waals surface area (Å²) in [7, 11) is 1.84. The highest BCUT2D eigenvalue weighted by Gasteiger charge is 2.08. The lowest BCUT2D eigenvalue weighted by Gasteiger charge is -2.13. The zero-order chi connectivity index (χ0) is 14.5. The number of nitro groups is 1. The third-order valence-electron chi connectivity index (χ3n) is 3.05. The number of non-ortho nitro benzene ring substituents is 1. The second-order valence-electron chi connectivity index (χ2n) is 4.61. The first-order chi connectivity index (χ1) is 9.56. The molecule has 1 aromatic carbocycles. The Kier molecular flexibility index (Phi) is 4.41. The largest absolute Gasteiger partial charge is 0.310 e. The van der Waals surface area contributed by atoms with Gasteiger partial charge in [-0.3, -0.25) is 14.8 Å². The highest BCUT2D eigenvalue weighted by molar-refractivity contribution is 5.34. The van der Waals surface area contributed by atoms with Gasteiger partial charge in [-0.1, -0.05) is 12.1 Å². The Bertz CT molecular complexity index is 579. The van der Waals surface area contributed by atoms with Gasteiger partial charge in [0.05, 0.1) is 4.92 Å². The molecule has 1 heterocycles. The molecule has 0 amide bonds. The normalized spacial score (nSPS) is 12.3. The second kappa shape index (κ2) is 6.25. The molecule has 0 aliphatic rings. The number of benzene rings is 1. The minimum absolute atomic E-state index is 0.110. The van der Waals surface area contributed by atoms with Crippen molar-refractivity contribution in [3.8, 4) is 0 Å². The van der Waals surface area contributed by atoms with Crippen LogP contribution in [0.1, 0.15) is 24.4 Å². The van der Waals surface area contributed by atoms with Gasteiger partial charge in [-0.2, -0.15) is 5.10 Å². The quantitative estimate of drug-likeness (QED) is 0.639. The second-order valence-corrected chi connectivity index (χ2v) is 4.61. The summed E-state index contributed by atoms with van der Waals surface area (Å²) in [6, 6.07) is 6.71. The molecule has 0 spiro atoms. The van der Waals surface area contributed by atoms with E-state index in [1.54, 1.807) is 23.1 Å². The van der Waals surface area contributed by atoms with Crippen LogP contribution in [0.2, 0.25) is 0 Å². The third-order valence-corrected chi connectivity index (χ3v) is 3.05. The van der Waals surface area contributed by atoms with Crippen molar-refractivity contribution in [2.75, 3.05) is 6.54 Å². The Morgan fingerprint density at radius 3 is 2.65 bits per heavy atom. The van der Waals surface area contributed by atoms with Crippen molar-refractivity contribution in [1.29, 1.82) is 0 Å². The smallest absolute Gasteiger partial charge is 0.269 e. The topological polar surface area (TPSA) is 85.9 Å². The van der Waals surface area contributed by atoms with Crippen LogP contribution in [0.25, 0.3) is 0 Å². The van der Waals surface area contributed by atoms with Crippen LogP contribution in [0.15, 0.2) is 30.6 Å². The van der Waals surface area contributed by atoms with Crippen LogP contribution >= 0.6 is 0 Å². The molecule has 1 N–H and O–H groups in total. The molecule has 1 aromatic heterocycles. The van der Waals surface area contributed by atoms with Crippen LogP contribution in [0.5, 0.6) is 0 Å². The molecule has 20 heavy (non-hydrogen) atoms. The lowest BCUT2D eigenvalue weighted by Crippen LogP contribution is -2.21. The maximum atomic E-state index is 10.6. The minimum Gasteiger partial charge on any atom is -0.310 e. The molecule has 0 saturated carbocycles. The molecular formula is C13H17N5O2. The molecular weight excluding hydrogens is 258 g/mol. The summed E-state index contributed by atoms with van der Waals surface area (Å²) in [6.45, 7) is 2.77. The Labute approximate surface area is 116 Å². The number of rotatable bonds is 6. The van der Waals surface area contributed by atoms with E-state index in [1.165, 1.54) is 12.1 Å². The van der Waals surface area contributed by atoms with E-state index in [4.69, 9.17) is 0 Å². The monoisotopic (exact) mass is 275 g/mol. The van der Waals surface area contributed by atoms with Gasteiger partial charge in [0.2, 0.25) is 0 Å². The van der Waals surface area contributed by atoms with E-state index in [9.17, 15) is 10.1 Å². The molecule has 7 heteroatoms. The summed E-state index contributed by atoms with van der Waals surface area (Å²) in [5.41, 5.74) is 1.13. The molecule has 2 aromatic rings. The highest BCUT2D eigenvalue weighted by Crippen LogP contribution is 2.17. The number of hydrogen-bond acceptors (Lipinski definition) is 5. The fourth-order valence-corrected chi connectivity index (χ4v) is 1.90. The van der Waals surface area contributed by atoms with Crippen molar-refractivity contribution >= 4 is 5.69 Å². The highest BCUT2D eigenvalue weighted by atomic mass is 16.6. The van der Waals surface area contributed by atoms with E-state index in [1.807, 2.05) is 14.0 Å². The maximum Gasteiger partial charge on any atom is 0.269 e. The predicted molar refractivity (Wildman–Crippen MR) is 74.2 cm³/mol. The number of nitrogens with zero attached hydrogens (tertiary/aromatic N) is 4. The number of hydrogen-bond donors (Lipinski definition) is 1. The van der Waals surface area contributed by atoms with Gasteiger partial charge < -0.3 is 5.32 Å². The molecule has 0 aliphatic carbocycles. The molecule has 0 aliphatic heterocycles. The summed E-state index contributed by atoms with van der Waals surface area (Å²) >= 11 is 0. The van der Waals surface area contributed by atoms with Crippen LogP contribution in [-0.2, 0) is 13.5 Å². The van der Waals surface area contributed by atoms with Crippen molar-refractivity contribution in [2.24, 2.45) is 7.05 Å². The average molecular weight is 275 g/mol. The van der Waals surface area contributed by atoms with Gasteiger partial charge >= 0.3 is 0 Å². The Morgan fingerprint density at radius 1 is 1.40 bits per heavy atom. The maximum absolute atomic E-state index is 10.6. The first-order valence-electron chi connectivity index (χ1n) is 6.38. The molecule has 0 fully saturated rings. The molecule has 2 rings (SSSR count). The van der Waals surface area contributed by atoms with E-state index < -0.39 is 4.92 Å². The van der Waals surface area contributed by atoms with Gasteiger partial charge in [-0.15, -0.1) is 0 Å². The van der Waals surface area contributed by atoms with Crippen LogP contribution < -0.4 is 5.32 Å². The van der Waals surface area contributed by atoms with E-state index >= 15 is 0 Å². The van der Waals surface area contributed by atoms with Gasteiger partial charge in [-0.25, -0.2) is 4.98 Å². The fourth-order valence-electron chi connectivity index (χ4n) is 1.90. The zero-order valence-electron chi connectivity index (χ0n) is 11.5. The average Bonchev–Trinajstić information content (AvgIpc) is 2.84. The predicted octanol–water partition coefficient (Wildman–Crippen LogP) is 1.62. The fraction of sp³-hybridized carbons (Fsp3) is 0.385. The van der Waals surface area contributed by atoms with Gasteiger partial charge in [0.25, 0.3) is 5.69 Å². The van der Waals surface area contributed by atoms with Crippen molar-refractivity contribution in [2.45, 2.75) is 19.4 Å². The number of aromatic nitrogens is 3. The van der Waals surface area contributed by atoms with Gasteiger partial charge in [-0.05, 0) is 12.5 Å². The van der Waals surface area contributed by atoms with Crippen molar-refractivity contribution in [3.63, 3.8) is 0 Å². The van der Waals surface area contributed by atoms with Crippen LogP contribution in [0.4, 0.5) is 5.69 Å². The molecule has 106 valence electrons. The van der Waals surface area contributed by atoms with E-state index in [0.29, 0.717) is 0 Å². The summed E-state index contributed by atoms with van der Waals surface area (Å²) in [4.78, 5) is 14.3. The SMILES string of the molecule is CC(NCCc1ncn(C)n1)c1ccc([N+](=O)[O-])cc1. The summed E-state index contributed by atoms with van der Waals surface area (Å²) in [5, 5.41) is 18.1. The standard InChI is InChI=1S/C13H17N5O2/c1-10(11-3-5-12(6-4-11)18(19)20)14-8-7-13-15-9-17(2)16-13/h3-6,9-10,14H,7-8H2,1-2H3. The molecule has 0 radical (unpaired) electrons. The molecule has 1 atom stereocenters. The molecule has 1 unspecified atom stereocenters. The van der Waals surface area contributed by atoms with Gasteiger partial charge in [0.1, 0.15) is 6.33 Å². The molecule has 7 nitrogen and oxygen atoms in total. The van der Waals surface area contributed by atoms with Crippen LogP contribution in [0.3, 0.4) is 0 Å². The van der Waals surface area contributed by atoms with Crippen molar-refractivity contribution < 1.29 is 4.92 Å². The Balaban J connectivity index is 1.85. The summed E-state index contributed by atoms with van der Waals surface area (Å²) in [5.74, 6) is 0.802. The van der Waals surface area contributed by atoms with Crippen molar-refractivity contribution in [1.82, 2.24) is 20.1 Å². The third kappa shape index (κ3) is 3.61. The van der Waals surface area contributed by atoms with E-state index in [-0.39, 0.29) is 11.7 Å².